The Hall–Kier alpha value is -0.810. The van der Waals surface area contributed by atoms with Gasteiger partial charge in [0.2, 0.25) is 0 Å². The summed E-state index contributed by atoms with van der Waals surface area (Å²) in [4.78, 5) is 11.0. The third-order valence-corrected chi connectivity index (χ3v) is 1.54. The predicted molar refractivity (Wildman–Crippen MR) is 58.7 cm³/mol. The van der Waals surface area contributed by atoms with Gasteiger partial charge in [0, 0.05) is 19.7 Å². The second kappa shape index (κ2) is 9.73. The number of hydrogen-bond donors (Lipinski definition) is 2. The van der Waals surface area contributed by atoms with Crippen LogP contribution in [0.5, 0.6) is 0 Å². The zero-order valence-electron chi connectivity index (χ0n) is 9.62. The van der Waals surface area contributed by atoms with Gasteiger partial charge in [0.15, 0.2) is 0 Å². The van der Waals surface area contributed by atoms with Crippen molar-refractivity contribution in [2.24, 2.45) is 11.7 Å². The highest BCUT2D eigenvalue weighted by Crippen LogP contribution is 1.92. The molecular formula is C10H22N2O3. The molecular weight excluding hydrogens is 196 g/mol. The molecule has 0 saturated carbocycles. The summed E-state index contributed by atoms with van der Waals surface area (Å²) in [5, 5.41) is 2.64. The molecule has 0 radical (unpaired) electrons. The lowest BCUT2D eigenvalue weighted by Gasteiger charge is -2.08. The Balaban J connectivity index is 3.17. The predicted octanol–water partition coefficient (Wildman–Crippen LogP) is 0.734. The number of alkyl carbamates (subject to hydrolysis) is 1. The molecule has 0 aliphatic carbocycles. The Morgan fingerprint density at radius 3 is 2.73 bits per heavy atom. The smallest absolute Gasteiger partial charge is 0.407 e. The molecule has 0 saturated heterocycles. The van der Waals surface area contributed by atoms with Crippen molar-refractivity contribution in [1.29, 1.82) is 0 Å². The summed E-state index contributed by atoms with van der Waals surface area (Å²) >= 11 is 0. The van der Waals surface area contributed by atoms with Crippen molar-refractivity contribution in [3.8, 4) is 0 Å². The summed E-state index contributed by atoms with van der Waals surface area (Å²) in [5.41, 5.74) is 5.24. The monoisotopic (exact) mass is 218 g/mol. The standard InChI is InChI=1S/C10H22N2O3/c1-9(2)8-15-10(13)12-5-3-6-14-7-4-11/h9H,3-8,11H2,1-2H3,(H,12,13). The summed E-state index contributed by atoms with van der Waals surface area (Å²) in [6, 6.07) is 0. The van der Waals surface area contributed by atoms with Gasteiger partial charge in [0.1, 0.15) is 0 Å². The number of carbonyl (C=O) groups is 1. The van der Waals surface area contributed by atoms with Gasteiger partial charge in [-0.1, -0.05) is 13.8 Å². The fraction of sp³-hybridized carbons (Fsp3) is 0.900. The number of nitrogens with two attached hydrogens (primary N) is 1. The first-order valence-electron chi connectivity index (χ1n) is 5.35. The summed E-state index contributed by atoms with van der Waals surface area (Å²) in [5.74, 6) is 0.364. The van der Waals surface area contributed by atoms with Gasteiger partial charge in [0.25, 0.3) is 0 Å². The summed E-state index contributed by atoms with van der Waals surface area (Å²) < 4.78 is 10.1. The molecule has 3 N–H and O–H groups in total. The molecule has 0 rings (SSSR count). The van der Waals surface area contributed by atoms with E-state index in [9.17, 15) is 4.79 Å². The topological polar surface area (TPSA) is 73.6 Å². The van der Waals surface area contributed by atoms with Gasteiger partial charge in [-0.3, -0.25) is 0 Å². The summed E-state index contributed by atoms with van der Waals surface area (Å²) in [6.45, 7) is 6.72. The Bertz CT molecular complexity index is 163. The zero-order valence-corrected chi connectivity index (χ0v) is 9.62. The van der Waals surface area contributed by atoms with Gasteiger partial charge < -0.3 is 20.5 Å². The highest BCUT2D eigenvalue weighted by atomic mass is 16.5. The lowest BCUT2D eigenvalue weighted by atomic mass is 10.2. The highest BCUT2D eigenvalue weighted by Gasteiger charge is 2.01. The lowest BCUT2D eigenvalue weighted by molar-refractivity contribution is 0.125. The van der Waals surface area contributed by atoms with Crippen LogP contribution in [0, 0.1) is 5.92 Å². The van der Waals surface area contributed by atoms with Crippen LogP contribution < -0.4 is 11.1 Å². The van der Waals surface area contributed by atoms with Gasteiger partial charge in [-0.15, -0.1) is 0 Å². The van der Waals surface area contributed by atoms with Gasteiger partial charge in [-0.05, 0) is 12.3 Å². The van der Waals surface area contributed by atoms with Crippen LogP contribution in [0.4, 0.5) is 4.79 Å². The van der Waals surface area contributed by atoms with Crippen molar-refractivity contribution in [3.05, 3.63) is 0 Å². The fourth-order valence-electron chi connectivity index (χ4n) is 0.843. The fourth-order valence-corrected chi connectivity index (χ4v) is 0.843. The minimum atomic E-state index is -0.359. The lowest BCUT2D eigenvalue weighted by Crippen LogP contribution is -2.27. The third kappa shape index (κ3) is 11.1. The number of amides is 1. The molecule has 1 amide bonds. The van der Waals surface area contributed by atoms with Crippen LogP contribution in [-0.4, -0.2) is 39.0 Å². The van der Waals surface area contributed by atoms with Crippen LogP contribution in [0.1, 0.15) is 20.3 Å². The first-order valence-corrected chi connectivity index (χ1v) is 5.35. The Labute approximate surface area is 91.3 Å². The van der Waals surface area contributed by atoms with E-state index in [4.69, 9.17) is 15.2 Å². The van der Waals surface area contributed by atoms with Crippen LogP contribution >= 0.6 is 0 Å². The largest absolute Gasteiger partial charge is 0.449 e. The molecule has 0 aromatic rings. The van der Waals surface area contributed by atoms with E-state index in [1.54, 1.807) is 0 Å². The summed E-state index contributed by atoms with van der Waals surface area (Å²) in [6.07, 6.45) is 0.416. The minimum Gasteiger partial charge on any atom is -0.449 e. The molecule has 5 heteroatoms. The van der Waals surface area contributed by atoms with Crippen molar-refractivity contribution in [1.82, 2.24) is 5.32 Å². The quantitative estimate of drug-likeness (QED) is 0.589. The average molecular weight is 218 g/mol. The van der Waals surface area contributed by atoms with Crippen LogP contribution in [-0.2, 0) is 9.47 Å². The van der Waals surface area contributed by atoms with E-state index in [2.05, 4.69) is 5.32 Å². The Morgan fingerprint density at radius 1 is 1.40 bits per heavy atom. The van der Waals surface area contributed by atoms with E-state index >= 15 is 0 Å². The molecule has 5 nitrogen and oxygen atoms in total. The van der Waals surface area contributed by atoms with Crippen molar-refractivity contribution in [3.63, 3.8) is 0 Å². The van der Waals surface area contributed by atoms with E-state index in [0.29, 0.717) is 38.8 Å². The van der Waals surface area contributed by atoms with Crippen molar-refractivity contribution in [2.45, 2.75) is 20.3 Å². The van der Waals surface area contributed by atoms with Crippen molar-refractivity contribution in [2.75, 3.05) is 32.9 Å². The number of rotatable bonds is 8. The summed E-state index contributed by atoms with van der Waals surface area (Å²) in [7, 11) is 0. The van der Waals surface area contributed by atoms with Gasteiger partial charge in [-0.25, -0.2) is 4.79 Å². The minimum absolute atomic E-state index is 0.359. The SMILES string of the molecule is CC(C)COC(=O)NCCCOCCN. The molecule has 0 bridgehead atoms. The zero-order chi connectivity index (χ0) is 11.5. The normalized spacial score (nSPS) is 10.4. The maximum atomic E-state index is 11.0. The molecule has 0 aromatic carbocycles. The van der Waals surface area contributed by atoms with Gasteiger partial charge in [-0.2, -0.15) is 0 Å². The molecule has 0 fully saturated rings. The molecule has 0 spiro atoms. The van der Waals surface area contributed by atoms with E-state index in [1.165, 1.54) is 0 Å². The number of ether oxygens (including phenoxy) is 2. The Morgan fingerprint density at radius 2 is 2.13 bits per heavy atom. The first-order chi connectivity index (χ1) is 7.16. The molecule has 0 aliphatic heterocycles. The molecule has 0 aromatic heterocycles. The van der Waals surface area contributed by atoms with Crippen LogP contribution in [0.3, 0.4) is 0 Å². The van der Waals surface area contributed by atoms with Gasteiger partial charge in [0.05, 0.1) is 13.2 Å². The molecule has 15 heavy (non-hydrogen) atoms. The maximum absolute atomic E-state index is 11.0. The second-order valence-electron chi connectivity index (χ2n) is 3.67. The van der Waals surface area contributed by atoms with Gasteiger partial charge >= 0.3 is 6.09 Å². The van der Waals surface area contributed by atoms with E-state index < -0.39 is 0 Å². The highest BCUT2D eigenvalue weighted by molar-refractivity contribution is 5.66. The maximum Gasteiger partial charge on any atom is 0.407 e. The molecule has 0 unspecified atom stereocenters. The second-order valence-corrected chi connectivity index (χ2v) is 3.67. The van der Waals surface area contributed by atoms with E-state index in [1.807, 2.05) is 13.8 Å². The molecule has 0 aliphatic rings. The van der Waals surface area contributed by atoms with Crippen LogP contribution in [0.2, 0.25) is 0 Å². The molecule has 0 atom stereocenters. The van der Waals surface area contributed by atoms with Crippen LogP contribution in [0.15, 0.2) is 0 Å². The number of nitrogens with one attached hydrogen (secondary N) is 1. The third-order valence-electron chi connectivity index (χ3n) is 1.54. The first kappa shape index (κ1) is 14.2. The van der Waals surface area contributed by atoms with Crippen molar-refractivity contribution < 1.29 is 14.3 Å². The van der Waals surface area contributed by atoms with E-state index in [0.717, 1.165) is 6.42 Å². The average Bonchev–Trinajstić information content (AvgIpc) is 2.20. The van der Waals surface area contributed by atoms with Crippen molar-refractivity contribution >= 4 is 6.09 Å². The van der Waals surface area contributed by atoms with Crippen LogP contribution in [0.25, 0.3) is 0 Å². The number of carbonyl (C=O) groups excluding carboxylic acids is 1. The Kier molecular flexibility index (Phi) is 9.21. The van der Waals surface area contributed by atoms with E-state index in [-0.39, 0.29) is 6.09 Å². The molecule has 0 heterocycles. The molecule has 90 valence electrons. The number of hydrogen-bond acceptors (Lipinski definition) is 4.